The molecule has 4 saturated carbocycles. The van der Waals surface area contributed by atoms with Gasteiger partial charge in [0, 0.05) is 18.4 Å². The van der Waals surface area contributed by atoms with Crippen molar-refractivity contribution in [3.05, 3.63) is 35.9 Å². The monoisotopic (exact) mass is 433 g/mol. The first-order valence-corrected chi connectivity index (χ1v) is 11.4. The number of hydrogen-bond donors (Lipinski definition) is 3. The minimum absolute atomic E-state index is 0. The molecular weight excluding hydrogens is 398 g/mol. The van der Waals surface area contributed by atoms with Gasteiger partial charge in [-0.2, -0.15) is 0 Å². The van der Waals surface area contributed by atoms with Crippen molar-refractivity contribution in [3.63, 3.8) is 0 Å². The van der Waals surface area contributed by atoms with Crippen LogP contribution in [0.4, 0.5) is 0 Å². The van der Waals surface area contributed by atoms with Crippen molar-refractivity contribution in [2.75, 3.05) is 13.1 Å². The molecule has 4 aliphatic carbocycles. The molecule has 4 N–H and O–H groups in total. The first kappa shape index (κ1) is 23.1. The Morgan fingerprint density at radius 1 is 1.00 bits per heavy atom. The van der Waals surface area contributed by atoms with E-state index in [2.05, 4.69) is 10.6 Å². The van der Waals surface area contributed by atoms with Crippen molar-refractivity contribution in [2.45, 2.75) is 63.8 Å². The van der Waals surface area contributed by atoms with Crippen LogP contribution in [-0.4, -0.2) is 30.9 Å². The Balaban J connectivity index is 0.00000256. The minimum atomic E-state index is -0.518. The number of hydrogen-bond acceptors (Lipinski definition) is 3. The molecular formula is C24H36ClN3O2. The van der Waals surface area contributed by atoms with E-state index < -0.39 is 6.04 Å². The Labute approximate surface area is 186 Å². The van der Waals surface area contributed by atoms with E-state index in [4.69, 9.17) is 5.73 Å². The van der Waals surface area contributed by atoms with E-state index in [0.717, 1.165) is 37.7 Å². The number of carbonyl (C=O) groups excluding carboxylic acids is 2. The quantitative estimate of drug-likeness (QED) is 0.523. The van der Waals surface area contributed by atoms with Crippen molar-refractivity contribution in [1.82, 2.24) is 10.6 Å². The van der Waals surface area contributed by atoms with Crippen LogP contribution in [0.25, 0.3) is 0 Å². The summed E-state index contributed by atoms with van der Waals surface area (Å²) >= 11 is 0. The molecule has 1 aromatic carbocycles. The SMILES string of the molecule is Cl.NCCCCNC(=O)C(Cc1ccccc1)NC(=O)C12CC3CC(CC(C3)C1)C2. The van der Waals surface area contributed by atoms with Crippen molar-refractivity contribution < 1.29 is 9.59 Å². The second-order valence-electron chi connectivity index (χ2n) is 9.70. The third-order valence-corrected chi connectivity index (χ3v) is 7.35. The molecule has 166 valence electrons. The molecule has 4 aliphatic rings. The molecule has 1 unspecified atom stereocenters. The average Bonchev–Trinajstić information content (AvgIpc) is 2.70. The lowest BCUT2D eigenvalue weighted by atomic mass is 9.49. The van der Waals surface area contributed by atoms with Gasteiger partial charge in [0.2, 0.25) is 11.8 Å². The molecule has 0 radical (unpaired) electrons. The van der Waals surface area contributed by atoms with Gasteiger partial charge in [0.05, 0.1) is 0 Å². The summed E-state index contributed by atoms with van der Waals surface area (Å²) in [6, 6.07) is 9.45. The number of benzene rings is 1. The largest absolute Gasteiger partial charge is 0.354 e. The summed E-state index contributed by atoms with van der Waals surface area (Å²) in [5, 5.41) is 6.20. The Kier molecular flexibility index (Phi) is 7.81. The Bertz CT molecular complexity index is 689. The summed E-state index contributed by atoms with van der Waals surface area (Å²) in [6.07, 6.45) is 9.25. The highest BCUT2D eigenvalue weighted by Crippen LogP contribution is 2.60. The molecule has 1 aromatic rings. The highest BCUT2D eigenvalue weighted by molar-refractivity contribution is 5.90. The fraction of sp³-hybridized carbons (Fsp3) is 0.667. The number of nitrogens with one attached hydrogen (secondary N) is 2. The van der Waals surface area contributed by atoms with Crippen LogP contribution in [0.1, 0.15) is 56.9 Å². The lowest BCUT2D eigenvalue weighted by Gasteiger charge is -2.55. The maximum absolute atomic E-state index is 13.5. The van der Waals surface area contributed by atoms with E-state index in [0.29, 0.717) is 37.3 Å². The summed E-state index contributed by atoms with van der Waals surface area (Å²) in [5.41, 5.74) is 6.38. The lowest BCUT2D eigenvalue weighted by Crippen LogP contribution is -2.57. The van der Waals surface area contributed by atoms with Gasteiger partial charge in [0.25, 0.3) is 0 Å². The number of unbranched alkanes of at least 4 members (excludes halogenated alkanes) is 1. The Morgan fingerprint density at radius 3 is 2.17 bits per heavy atom. The van der Waals surface area contributed by atoms with Crippen LogP contribution in [0.3, 0.4) is 0 Å². The van der Waals surface area contributed by atoms with Gasteiger partial charge in [0.15, 0.2) is 0 Å². The molecule has 0 heterocycles. The number of halogens is 1. The number of rotatable bonds is 9. The molecule has 30 heavy (non-hydrogen) atoms. The topological polar surface area (TPSA) is 84.2 Å². The predicted octanol–water partition coefficient (Wildman–Crippen LogP) is 3.21. The van der Waals surface area contributed by atoms with Crippen LogP contribution < -0.4 is 16.4 Å². The van der Waals surface area contributed by atoms with Gasteiger partial charge in [-0.1, -0.05) is 30.3 Å². The zero-order valence-electron chi connectivity index (χ0n) is 17.8. The van der Waals surface area contributed by atoms with E-state index in [-0.39, 0.29) is 29.6 Å². The van der Waals surface area contributed by atoms with Gasteiger partial charge in [-0.3, -0.25) is 9.59 Å². The summed E-state index contributed by atoms with van der Waals surface area (Å²) in [4.78, 5) is 26.4. The highest BCUT2D eigenvalue weighted by atomic mass is 35.5. The fourth-order valence-corrected chi connectivity index (χ4v) is 6.36. The smallest absolute Gasteiger partial charge is 0.242 e. The van der Waals surface area contributed by atoms with E-state index in [1.54, 1.807) is 0 Å². The Morgan fingerprint density at radius 2 is 1.60 bits per heavy atom. The highest BCUT2D eigenvalue weighted by Gasteiger charge is 2.54. The molecule has 1 atom stereocenters. The average molecular weight is 434 g/mol. The van der Waals surface area contributed by atoms with Gasteiger partial charge in [0.1, 0.15) is 6.04 Å². The van der Waals surface area contributed by atoms with Crippen LogP contribution in [0.5, 0.6) is 0 Å². The zero-order valence-corrected chi connectivity index (χ0v) is 18.6. The van der Waals surface area contributed by atoms with Crippen molar-refractivity contribution in [1.29, 1.82) is 0 Å². The third-order valence-electron chi connectivity index (χ3n) is 7.35. The summed E-state index contributed by atoms with van der Waals surface area (Å²) < 4.78 is 0. The van der Waals surface area contributed by atoms with E-state index in [9.17, 15) is 9.59 Å². The standard InChI is InChI=1S/C24H35N3O2.ClH/c25-8-4-5-9-26-22(28)21(13-17-6-2-1-3-7-17)27-23(29)24-14-18-10-19(15-24)12-20(11-18)16-24;/h1-3,6-7,18-21H,4-5,8-16,25H2,(H,26,28)(H,27,29);1H. The number of carbonyl (C=O) groups is 2. The normalized spacial score (nSPS) is 29.7. The van der Waals surface area contributed by atoms with Gasteiger partial charge in [-0.15, -0.1) is 12.4 Å². The van der Waals surface area contributed by atoms with E-state index in [1.165, 1.54) is 19.3 Å². The molecule has 4 bridgehead atoms. The molecule has 5 nitrogen and oxygen atoms in total. The van der Waals surface area contributed by atoms with Crippen LogP contribution >= 0.6 is 12.4 Å². The number of nitrogens with two attached hydrogens (primary N) is 1. The third kappa shape index (κ3) is 5.17. The maximum Gasteiger partial charge on any atom is 0.242 e. The van der Waals surface area contributed by atoms with Crippen molar-refractivity contribution in [2.24, 2.45) is 28.9 Å². The van der Waals surface area contributed by atoms with Crippen LogP contribution in [0, 0.1) is 23.2 Å². The summed E-state index contributed by atoms with van der Waals surface area (Å²) in [5.74, 6) is 2.18. The summed E-state index contributed by atoms with van der Waals surface area (Å²) in [6.45, 7) is 1.24. The molecule has 6 heteroatoms. The predicted molar refractivity (Wildman–Crippen MR) is 121 cm³/mol. The molecule has 0 aromatic heterocycles. The fourth-order valence-electron chi connectivity index (χ4n) is 6.36. The molecule has 4 fully saturated rings. The molecule has 2 amide bonds. The van der Waals surface area contributed by atoms with Crippen molar-refractivity contribution in [3.8, 4) is 0 Å². The Hall–Kier alpha value is -1.59. The first-order chi connectivity index (χ1) is 14.1. The lowest BCUT2D eigenvalue weighted by molar-refractivity contribution is -0.148. The van der Waals surface area contributed by atoms with Crippen molar-refractivity contribution >= 4 is 24.2 Å². The van der Waals surface area contributed by atoms with E-state index >= 15 is 0 Å². The zero-order chi connectivity index (χ0) is 20.3. The molecule has 5 rings (SSSR count). The van der Waals surface area contributed by atoms with Gasteiger partial charge >= 0.3 is 0 Å². The molecule has 0 saturated heterocycles. The van der Waals surface area contributed by atoms with E-state index in [1.807, 2.05) is 30.3 Å². The minimum Gasteiger partial charge on any atom is -0.354 e. The second kappa shape index (κ2) is 10.1. The van der Waals surface area contributed by atoms with Gasteiger partial charge in [-0.25, -0.2) is 0 Å². The van der Waals surface area contributed by atoms with Crippen LogP contribution in [-0.2, 0) is 16.0 Å². The molecule has 0 spiro atoms. The van der Waals surface area contributed by atoms with Gasteiger partial charge in [-0.05, 0) is 81.2 Å². The molecule has 0 aliphatic heterocycles. The van der Waals surface area contributed by atoms with Crippen LogP contribution in [0.15, 0.2) is 30.3 Å². The second-order valence-corrected chi connectivity index (χ2v) is 9.70. The van der Waals surface area contributed by atoms with Crippen LogP contribution in [0.2, 0.25) is 0 Å². The number of amides is 2. The first-order valence-electron chi connectivity index (χ1n) is 11.4. The summed E-state index contributed by atoms with van der Waals surface area (Å²) in [7, 11) is 0. The van der Waals surface area contributed by atoms with Gasteiger partial charge < -0.3 is 16.4 Å². The maximum atomic E-state index is 13.5.